The van der Waals surface area contributed by atoms with Crippen LogP contribution >= 0.6 is 0 Å². The molecule has 84 valence electrons. The molecule has 1 fully saturated rings. The van der Waals surface area contributed by atoms with E-state index in [0.717, 1.165) is 0 Å². The van der Waals surface area contributed by atoms with Gasteiger partial charge in [0.1, 0.15) is 0 Å². The van der Waals surface area contributed by atoms with Gasteiger partial charge in [-0.05, 0) is 6.42 Å². The molecule has 1 atom stereocenters. The van der Waals surface area contributed by atoms with Crippen LogP contribution in [-0.2, 0) is 4.79 Å². The van der Waals surface area contributed by atoms with Crippen molar-refractivity contribution in [2.24, 2.45) is 5.92 Å². The molecular formula is C9H11F3N2O. The molecule has 3 nitrogen and oxygen atoms in total. The third kappa shape index (κ3) is 3.78. The number of halogens is 3. The first-order valence-corrected chi connectivity index (χ1v) is 4.66. The van der Waals surface area contributed by atoms with Gasteiger partial charge in [-0.15, -0.1) is 0 Å². The molecule has 0 aliphatic carbocycles. The fourth-order valence-electron chi connectivity index (χ4n) is 1.55. The molecule has 1 aliphatic heterocycles. The number of amides is 1. The van der Waals surface area contributed by atoms with E-state index in [9.17, 15) is 18.0 Å². The van der Waals surface area contributed by atoms with Gasteiger partial charge >= 0.3 is 6.18 Å². The Kier molecular flexibility index (Phi) is 3.56. The van der Waals surface area contributed by atoms with Crippen LogP contribution in [0.2, 0.25) is 0 Å². The summed E-state index contributed by atoms with van der Waals surface area (Å²) in [5, 5.41) is 8.55. The van der Waals surface area contributed by atoms with Crippen molar-refractivity contribution in [1.82, 2.24) is 4.90 Å². The Morgan fingerprint density at radius 1 is 1.53 bits per heavy atom. The molecule has 0 aromatic rings. The fraction of sp³-hybridized carbons (Fsp3) is 0.778. The van der Waals surface area contributed by atoms with E-state index >= 15 is 0 Å². The van der Waals surface area contributed by atoms with E-state index < -0.39 is 12.6 Å². The molecule has 1 rings (SSSR count). The number of nitriles is 1. The minimum absolute atomic E-state index is 0.0899. The number of carbonyl (C=O) groups excluding carboxylic acids is 1. The molecule has 0 spiro atoms. The molecule has 1 aliphatic rings. The Labute approximate surface area is 85.5 Å². The second-order valence-corrected chi connectivity index (χ2v) is 3.59. The van der Waals surface area contributed by atoms with Crippen LogP contribution in [0.25, 0.3) is 0 Å². The van der Waals surface area contributed by atoms with Crippen LogP contribution in [0.3, 0.4) is 0 Å². The molecule has 1 saturated heterocycles. The Bertz CT molecular complexity index is 282. The van der Waals surface area contributed by atoms with Crippen molar-refractivity contribution < 1.29 is 18.0 Å². The van der Waals surface area contributed by atoms with Crippen molar-refractivity contribution in [1.29, 1.82) is 5.26 Å². The lowest BCUT2D eigenvalue weighted by atomic mass is 10.1. The largest absolute Gasteiger partial charge is 0.389 e. The molecule has 1 heterocycles. The van der Waals surface area contributed by atoms with Crippen molar-refractivity contribution in [3.05, 3.63) is 0 Å². The molecule has 0 bridgehead atoms. The zero-order chi connectivity index (χ0) is 11.5. The van der Waals surface area contributed by atoms with E-state index in [2.05, 4.69) is 0 Å². The zero-order valence-corrected chi connectivity index (χ0v) is 8.05. The number of rotatable bonds is 3. The van der Waals surface area contributed by atoms with Gasteiger partial charge in [-0.2, -0.15) is 18.4 Å². The molecule has 15 heavy (non-hydrogen) atoms. The summed E-state index contributed by atoms with van der Waals surface area (Å²) in [6, 6.07) is 1.95. The van der Waals surface area contributed by atoms with E-state index in [1.807, 2.05) is 6.07 Å². The number of hydrogen-bond donors (Lipinski definition) is 0. The van der Waals surface area contributed by atoms with Gasteiger partial charge in [0, 0.05) is 25.9 Å². The first-order chi connectivity index (χ1) is 6.92. The van der Waals surface area contributed by atoms with Gasteiger partial charge in [0.15, 0.2) is 0 Å². The van der Waals surface area contributed by atoms with Crippen LogP contribution < -0.4 is 0 Å². The minimum Gasteiger partial charge on any atom is -0.341 e. The van der Waals surface area contributed by atoms with Gasteiger partial charge in [0.05, 0.1) is 12.0 Å². The van der Waals surface area contributed by atoms with E-state index in [0.29, 0.717) is 0 Å². The second kappa shape index (κ2) is 4.51. The topological polar surface area (TPSA) is 44.1 Å². The van der Waals surface area contributed by atoms with Crippen molar-refractivity contribution in [2.75, 3.05) is 13.1 Å². The van der Waals surface area contributed by atoms with Crippen molar-refractivity contribution in [3.63, 3.8) is 0 Å². The van der Waals surface area contributed by atoms with Crippen LogP contribution in [0, 0.1) is 17.2 Å². The van der Waals surface area contributed by atoms with Gasteiger partial charge in [-0.3, -0.25) is 4.79 Å². The summed E-state index contributed by atoms with van der Waals surface area (Å²) in [6.07, 6.45) is -5.00. The second-order valence-electron chi connectivity index (χ2n) is 3.59. The summed E-state index contributed by atoms with van der Waals surface area (Å²) in [6.45, 7) is 0.365. The first-order valence-electron chi connectivity index (χ1n) is 4.66. The maximum Gasteiger partial charge on any atom is 0.389 e. The molecule has 0 saturated carbocycles. The Hall–Kier alpha value is -1.25. The average molecular weight is 220 g/mol. The lowest BCUT2D eigenvalue weighted by molar-refractivity contribution is -0.139. The van der Waals surface area contributed by atoms with Crippen molar-refractivity contribution >= 4 is 5.91 Å². The highest BCUT2D eigenvalue weighted by atomic mass is 19.4. The summed E-state index contributed by atoms with van der Waals surface area (Å²) in [4.78, 5) is 12.5. The molecule has 0 N–H and O–H groups in total. The SMILES string of the molecule is N#CC1CC(=O)N(CCCC(F)(F)F)C1. The molecule has 1 unspecified atom stereocenters. The molecule has 1 amide bonds. The standard InChI is InChI=1S/C9H11F3N2O/c10-9(11,12)2-1-3-14-6-7(5-13)4-8(14)15/h7H,1-4,6H2. The van der Waals surface area contributed by atoms with Gasteiger partial charge in [0.2, 0.25) is 5.91 Å². The maximum atomic E-state index is 11.8. The Morgan fingerprint density at radius 2 is 2.20 bits per heavy atom. The monoisotopic (exact) mass is 220 g/mol. The minimum atomic E-state index is -4.17. The smallest absolute Gasteiger partial charge is 0.341 e. The molecule has 6 heteroatoms. The number of carbonyl (C=O) groups is 1. The van der Waals surface area contributed by atoms with Crippen molar-refractivity contribution in [3.8, 4) is 6.07 Å². The lowest BCUT2D eigenvalue weighted by Gasteiger charge is -2.15. The predicted octanol–water partition coefficient (Wildman–Crippen LogP) is 1.70. The number of nitrogens with zero attached hydrogens (tertiary/aromatic N) is 2. The predicted molar refractivity (Wildman–Crippen MR) is 45.6 cm³/mol. The zero-order valence-electron chi connectivity index (χ0n) is 8.05. The van der Waals surface area contributed by atoms with Crippen LogP contribution in [0.15, 0.2) is 0 Å². The summed E-state index contributed by atoms with van der Waals surface area (Å²) < 4.78 is 35.4. The summed E-state index contributed by atoms with van der Waals surface area (Å²) in [5.74, 6) is -0.577. The molecule has 0 aromatic heterocycles. The lowest BCUT2D eigenvalue weighted by Crippen LogP contribution is -2.27. The molecular weight excluding hydrogens is 209 g/mol. The Morgan fingerprint density at radius 3 is 2.67 bits per heavy atom. The highest BCUT2D eigenvalue weighted by molar-refractivity contribution is 5.79. The van der Waals surface area contributed by atoms with Gasteiger partial charge in [0.25, 0.3) is 0 Å². The summed E-state index contributed by atoms with van der Waals surface area (Å²) in [5.41, 5.74) is 0. The first kappa shape index (κ1) is 11.8. The third-order valence-corrected chi connectivity index (χ3v) is 2.29. The van der Waals surface area contributed by atoms with E-state index in [1.165, 1.54) is 4.90 Å². The Balaban J connectivity index is 2.29. The van der Waals surface area contributed by atoms with E-state index in [-0.39, 0.29) is 37.8 Å². The van der Waals surface area contributed by atoms with Gasteiger partial charge in [-0.1, -0.05) is 0 Å². The van der Waals surface area contributed by atoms with Crippen LogP contribution in [0.4, 0.5) is 13.2 Å². The van der Waals surface area contributed by atoms with E-state index in [1.54, 1.807) is 0 Å². The average Bonchev–Trinajstić information content (AvgIpc) is 2.45. The quantitative estimate of drug-likeness (QED) is 0.726. The van der Waals surface area contributed by atoms with Crippen LogP contribution in [0.5, 0.6) is 0 Å². The van der Waals surface area contributed by atoms with Gasteiger partial charge < -0.3 is 4.90 Å². The highest BCUT2D eigenvalue weighted by Crippen LogP contribution is 2.23. The van der Waals surface area contributed by atoms with Crippen LogP contribution in [-0.4, -0.2) is 30.1 Å². The van der Waals surface area contributed by atoms with E-state index in [4.69, 9.17) is 5.26 Å². The maximum absolute atomic E-state index is 11.8. The van der Waals surface area contributed by atoms with Crippen LogP contribution in [0.1, 0.15) is 19.3 Å². The fourth-order valence-corrected chi connectivity index (χ4v) is 1.55. The third-order valence-electron chi connectivity index (χ3n) is 2.29. The highest BCUT2D eigenvalue weighted by Gasteiger charge is 2.31. The number of hydrogen-bond acceptors (Lipinski definition) is 2. The molecule has 0 aromatic carbocycles. The summed E-state index contributed by atoms with van der Waals surface area (Å²) >= 11 is 0. The molecule has 0 radical (unpaired) electrons. The number of likely N-dealkylation sites (tertiary alicyclic amines) is 1. The number of alkyl halides is 3. The van der Waals surface area contributed by atoms with Crippen molar-refractivity contribution in [2.45, 2.75) is 25.4 Å². The van der Waals surface area contributed by atoms with Gasteiger partial charge in [-0.25, -0.2) is 0 Å². The normalized spacial score (nSPS) is 21.9. The summed E-state index contributed by atoms with van der Waals surface area (Å²) in [7, 11) is 0.